The molecule has 1 heterocycles. The van der Waals surface area contributed by atoms with Crippen LogP contribution in [0.1, 0.15) is 28.8 Å². The van der Waals surface area contributed by atoms with E-state index in [9.17, 15) is 14.4 Å². The first kappa shape index (κ1) is 18.4. The Balaban J connectivity index is 1.63. The standard InChI is InChI=1S/C21H18O6/c1-25-16-7-8-17-15(11-21(24)27-19(17)12-16)13-26-20(23)10-9-18(22)14-5-3-2-4-6-14/h2-8,11-12H,9-10,13H2,1H3. The molecule has 0 radical (unpaired) electrons. The molecule has 0 saturated carbocycles. The minimum Gasteiger partial charge on any atom is -0.497 e. The summed E-state index contributed by atoms with van der Waals surface area (Å²) in [5.41, 5.74) is 0.908. The van der Waals surface area contributed by atoms with Crippen LogP contribution in [0, 0.1) is 0 Å². The Kier molecular flexibility index (Phi) is 5.66. The van der Waals surface area contributed by atoms with Crippen LogP contribution < -0.4 is 10.4 Å². The van der Waals surface area contributed by atoms with E-state index < -0.39 is 11.6 Å². The molecule has 0 aliphatic carbocycles. The number of hydrogen-bond donors (Lipinski definition) is 0. The predicted octanol–water partition coefficient (Wildman–Crippen LogP) is 3.51. The van der Waals surface area contributed by atoms with E-state index in [-0.39, 0.29) is 25.2 Å². The van der Waals surface area contributed by atoms with E-state index in [1.165, 1.54) is 13.2 Å². The Morgan fingerprint density at radius 3 is 2.52 bits per heavy atom. The Hall–Kier alpha value is -3.41. The van der Waals surface area contributed by atoms with E-state index >= 15 is 0 Å². The number of carbonyl (C=O) groups is 2. The van der Waals surface area contributed by atoms with Gasteiger partial charge in [-0.3, -0.25) is 9.59 Å². The molecular weight excluding hydrogens is 348 g/mol. The summed E-state index contributed by atoms with van der Waals surface area (Å²) in [5.74, 6) is -0.0705. The van der Waals surface area contributed by atoms with Gasteiger partial charge in [-0.25, -0.2) is 4.79 Å². The van der Waals surface area contributed by atoms with Gasteiger partial charge in [0.05, 0.1) is 13.5 Å². The molecule has 6 heteroatoms. The number of Topliss-reactive ketones (excluding diaryl/α,β-unsaturated/α-hetero) is 1. The van der Waals surface area contributed by atoms with Crippen molar-refractivity contribution in [2.45, 2.75) is 19.4 Å². The zero-order valence-corrected chi connectivity index (χ0v) is 14.8. The molecule has 27 heavy (non-hydrogen) atoms. The van der Waals surface area contributed by atoms with E-state index in [1.807, 2.05) is 6.07 Å². The van der Waals surface area contributed by atoms with Crippen molar-refractivity contribution >= 4 is 22.7 Å². The van der Waals surface area contributed by atoms with Crippen molar-refractivity contribution in [3.8, 4) is 5.75 Å². The van der Waals surface area contributed by atoms with Crippen molar-refractivity contribution in [3.05, 3.63) is 76.1 Å². The fourth-order valence-corrected chi connectivity index (χ4v) is 2.67. The first-order valence-electron chi connectivity index (χ1n) is 8.41. The second-order valence-corrected chi connectivity index (χ2v) is 5.90. The second-order valence-electron chi connectivity index (χ2n) is 5.90. The average Bonchev–Trinajstić information content (AvgIpc) is 2.70. The third kappa shape index (κ3) is 4.61. The highest BCUT2D eigenvalue weighted by Crippen LogP contribution is 2.23. The van der Waals surface area contributed by atoms with Crippen molar-refractivity contribution in [1.82, 2.24) is 0 Å². The molecule has 0 atom stereocenters. The molecule has 0 aliphatic rings. The van der Waals surface area contributed by atoms with E-state index in [0.717, 1.165) is 0 Å². The summed E-state index contributed by atoms with van der Waals surface area (Å²) in [6.45, 7) is -0.0766. The zero-order valence-electron chi connectivity index (χ0n) is 14.8. The number of ether oxygens (including phenoxy) is 2. The minimum absolute atomic E-state index is 0.0269. The number of rotatable bonds is 7. The third-order valence-electron chi connectivity index (χ3n) is 4.08. The molecule has 0 spiro atoms. The number of fused-ring (bicyclic) bond motifs is 1. The predicted molar refractivity (Wildman–Crippen MR) is 98.8 cm³/mol. The fraction of sp³-hybridized carbons (Fsp3) is 0.190. The summed E-state index contributed by atoms with van der Waals surface area (Å²) in [6.07, 6.45) is 0.0403. The molecule has 2 aromatic carbocycles. The van der Waals surface area contributed by atoms with E-state index in [2.05, 4.69) is 0 Å². The second kappa shape index (κ2) is 8.31. The summed E-state index contributed by atoms with van der Waals surface area (Å²) in [6, 6.07) is 15.1. The van der Waals surface area contributed by atoms with Crippen LogP contribution in [0.3, 0.4) is 0 Å². The van der Waals surface area contributed by atoms with E-state index in [4.69, 9.17) is 13.9 Å². The van der Waals surface area contributed by atoms with Gasteiger partial charge in [0.2, 0.25) is 0 Å². The number of carbonyl (C=O) groups excluding carboxylic acids is 2. The monoisotopic (exact) mass is 366 g/mol. The zero-order chi connectivity index (χ0) is 19.2. The molecule has 3 rings (SSSR count). The largest absolute Gasteiger partial charge is 0.497 e. The van der Waals surface area contributed by atoms with Crippen LogP contribution in [0.15, 0.2) is 63.8 Å². The van der Waals surface area contributed by atoms with Crippen LogP contribution in [0.2, 0.25) is 0 Å². The van der Waals surface area contributed by atoms with Gasteiger partial charge in [-0.05, 0) is 12.1 Å². The maximum Gasteiger partial charge on any atom is 0.336 e. The average molecular weight is 366 g/mol. The summed E-state index contributed by atoms with van der Waals surface area (Å²) in [5, 5.41) is 0.656. The van der Waals surface area contributed by atoms with E-state index in [1.54, 1.807) is 42.5 Å². The van der Waals surface area contributed by atoms with Crippen molar-refractivity contribution in [2.75, 3.05) is 7.11 Å². The van der Waals surface area contributed by atoms with Crippen molar-refractivity contribution < 1.29 is 23.5 Å². The highest BCUT2D eigenvalue weighted by Gasteiger charge is 2.12. The number of esters is 1. The first-order valence-corrected chi connectivity index (χ1v) is 8.41. The van der Waals surface area contributed by atoms with Crippen LogP contribution in [-0.4, -0.2) is 18.9 Å². The molecule has 0 saturated heterocycles. The SMILES string of the molecule is COc1ccc2c(COC(=O)CCC(=O)c3ccccc3)cc(=O)oc2c1. The Bertz CT molecular complexity index is 1020. The molecule has 6 nitrogen and oxygen atoms in total. The molecule has 0 aliphatic heterocycles. The lowest BCUT2D eigenvalue weighted by Gasteiger charge is -2.08. The smallest absolute Gasteiger partial charge is 0.336 e. The van der Waals surface area contributed by atoms with Crippen molar-refractivity contribution in [3.63, 3.8) is 0 Å². The van der Waals surface area contributed by atoms with Gasteiger partial charge in [0.1, 0.15) is 17.9 Å². The van der Waals surface area contributed by atoms with Gasteiger partial charge in [-0.1, -0.05) is 30.3 Å². The van der Waals surface area contributed by atoms with Crippen LogP contribution >= 0.6 is 0 Å². The number of benzene rings is 2. The molecule has 3 aromatic rings. The summed E-state index contributed by atoms with van der Waals surface area (Å²) < 4.78 is 15.5. The van der Waals surface area contributed by atoms with Gasteiger partial charge in [-0.2, -0.15) is 0 Å². The lowest BCUT2D eigenvalue weighted by atomic mass is 10.1. The maximum absolute atomic E-state index is 12.0. The normalized spacial score (nSPS) is 10.6. The van der Waals surface area contributed by atoms with Crippen LogP contribution in [0.25, 0.3) is 11.0 Å². The number of hydrogen-bond acceptors (Lipinski definition) is 6. The Morgan fingerprint density at radius 2 is 1.78 bits per heavy atom. The van der Waals surface area contributed by atoms with Crippen molar-refractivity contribution in [2.24, 2.45) is 0 Å². The van der Waals surface area contributed by atoms with Gasteiger partial charge in [0, 0.05) is 35.1 Å². The van der Waals surface area contributed by atoms with Crippen molar-refractivity contribution in [1.29, 1.82) is 0 Å². The third-order valence-corrected chi connectivity index (χ3v) is 4.08. The number of methoxy groups -OCH3 is 1. The van der Waals surface area contributed by atoms with Crippen LogP contribution in [0.4, 0.5) is 0 Å². The highest BCUT2D eigenvalue weighted by molar-refractivity contribution is 5.97. The number of ketones is 1. The fourth-order valence-electron chi connectivity index (χ4n) is 2.67. The van der Waals surface area contributed by atoms with Gasteiger partial charge >= 0.3 is 11.6 Å². The van der Waals surface area contributed by atoms with Gasteiger partial charge in [-0.15, -0.1) is 0 Å². The minimum atomic E-state index is -0.541. The highest BCUT2D eigenvalue weighted by atomic mass is 16.5. The quantitative estimate of drug-likeness (QED) is 0.361. The first-order chi connectivity index (χ1) is 13.1. The molecule has 138 valence electrons. The van der Waals surface area contributed by atoms with Crippen LogP contribution in [-0.2, 0) is 16.1 Å². The Labute approximate surface area is 155 Å². The lowest BCUT2D eigenvalue weighted by molar-refractivity contribution is -0.144. The maximum atomic E-state index is 12.0. The molecule has 0 fully saturated rings. The van der Waals surface area contributed by atoms with Crippen LogP contribution in [0.5, 0.6) is 5.75 Å². The summed E-state index contributed by atoms with van der Waals surface area (Å²) in [4.78, 5) is 35.7. The molecular formula is C21H18O6. The van der Waals surface area contributed by atoms with E-state index in [0.29, 0.717) is 27.8 Å². The molecule has 0 bridgehead atoms. The summed E-state index contributed by atoms with van der Waals surface area (Å²) >= 11 is 0. The molecule has 1 aromatic heterocycles. The molecule has 0 N–H and O–H groups in total. The molecule has 0 unspecified atom stereocenters. The van der Waals surface area contributed by atoms with Gasteiger partial charge in [0.25, 0.3) is 0 Å². The van der Waals surface area contributed by atoms with Gasteiger partial charge < -0.3 is 13.9 Å². The topological polar surface area (TPSA) is 82.8 Å². The Morgan fingerprint density at radius 1 is 1.00 bits per heavy atom. The lowest BCUT2D eigenvalue weighted by Crippen LogP contribution is -2.09. The summed E-state index contributed by atoms with van der Waals surface area (Å²) in [7, 11) is 1.52. The van der Waals surface area contributed by atoms with Gasteiger partial charge in [0.15, 0.2) is 5.78 Å². The molecule has 0 amide bonds.